The van der Waals surface area contributed by atoms with E-state index in [4.69, 9.17) is 14.2 Å². The van der Waals surface area contributed by atoms with Crippen LogP contribution >= 0.6 is 0 Å². The van der Waals surface area contributed by atoms with Crippen LogP contribution in [0.5, 0.6) is 17.2 Å². The van der Waals surface area contributed by atoms with Gasteiger partial charge in [-0.2, -0.15) is 0 Å². The average Bonchev–Trinajstić information content (AvgIpc) is 2.77. The lowest BCUT2D eigenvalue weighted by Crippen LogP contribution is -1.99. The van der Waals surface area contributed by atoms with E-state index in [2.05, 4.69) is 0 Å². The van der Waals surface area contributed by atoms with Gasteiger partial charge in [-0.25, -0.2) is 0 Å². The smallest absolute Gasteiger partial charge is 0.189 e. The van der Waals surface area contributed by atoms with Crippen LogP contribution < -0.4 is 14.2 Å². The molecule has 0 unspecified atom stereocenters. The first-order chi connectivity index (χ1) is 13.7. The number of ether oxygens (including phenoxy) is 3. The minimum Gasteiger partial charge on any atom is -0.497 e. The zero-order valence-corrected chi connectivity index (χ0v) is 15.9. The van der Waals surface area contributed by atoms with Crippen LogP contribution in [0, 0.1) is 0 Å². The summed E-state index contributed by atoms with van der Waals surface area (Å²) in [6, 6.07) is 22.7. The van der Waals surface area contributed by atoms with Crippen molar-refractivity contribution in [3.8, 4) is 17.2 Å². The van der Waals surface area contributed by atoms with E-state index in [1.807, 2.05) is 54.6 Å². The fourth-order valence-corrected chi connectivity index (χ4v) is 2.68. The van der Waals surface area contributed by atoms with Crippen molar-refractivity contribution in [2.75, 3.05) is 14.2 Å². The van der Waals surface area contributed by atoms with E-state index in [0.717, 1.165) is 16.9 Å². The van der Waals surface area contributed by atoms with Crippen molar-refractivity contribution in [2.45, 2.75) is 6.61 Å². The van der Waals surface area contributed by atoms with Gasteiger partial charge in [-0.05, 0) is 41.5 Å². The highest BCUT2D eigenvalue weighted by atomic mass is 16.5. The Bertz CT molecular complexity index is 944. The van der Waals surface area contributed by atoms with Crippen LogP contribution in [-0.4, -0.2) is 20.0 Å². The highest BCUT2D eigenvalue weighted by molar-refractivity contribution is 6.08. The number of rotatable bonds is 8. The van der Waals surface area contributed by atoms with Gasteiger partial charge < -0.3 is 14.2 Å². The Balaban J connectivity index is 1.63. The molecule has 0 saturated heterocycles. The van der Waals surface area contributed by atoms with E-state index < -0.39 is 0 Å². The Kier molecular flexibility index (Phi) is 6.47. The summed E-state index contributed by atoms with van der Waals surface area (Å²) < 4.78 is 16.2. The third-order valence-electron chi connectivity index (χ3n) is 4.23. The van der Waals surface area contributed by atoms with E-state index >= 15 is 0 Å². The van der Waals surface area contributed by atoms with Gasteiger partial charge in [0.2, 0.25) is 0 Å². The molecule has 0 radical (unpaired) electrons. The third-order valence-corrected chi connectivity index (χ3v) is 4.23. The molecular formula is C24H22O4. The zero-order valence-electron chi connectivity index (χ0n) is 15.9. The van der Waals surface area contributed by atoms with E-state index in [1.54, 1.807) is 31.4 Å². The normalized spacial score (nSPS) is 10.6. The molecule has 0 atom stereocenters. The van der Waals surface area contributed by atoms with Crippen LogP contribution in [0.2, 0.25) is 0 Å². The molecule has 3 aromatic carbocycles. The van der Waals surface area contributed by atoms with Gasteiger partial charge in [0.05, 0.1) is 19.8 Å². The maximum absolute atomic E-state index is 12.5. The summed E-state index contributed by atoms with van der Waals surface area (Å²) in [5.74, 6) is 1.77. The summed E-state index contributed by atoms with van der Waals surface area (Å²) >= 11 is 0. The maximum Gasteiger partial charge on any atom is 0.189 e. The Morgan fingerprint density at radius 2 is 1.57 bits per heavy atom. The van der Waals surface area contributed by atoms with Crippen molar-refractivity contribution in [3.63, 3.8) is 0 Å². The lowest BCUT2D eigenvalue weighted by molar-refractivity contribution is 0.104. The quantitative estimate of drug-likeness (QED) is 0.403. The lowest BCUT2D eigenvalue weighted by atomic mass is 10.1. The van der Waals surface area contributed by atoms with Crippen molar-refractivity contribution in [1.29, 1.82) is 0 Å². The number of carbonyl (C=O) groups excluding carboxylic acids is 1. The van der Waals surface area contributed by atoms with Crippen LogP contribution in [0.25, 0.3) is 6.08 Å². The highest BCUT2D eigenvalue weighted by Gasteiger charge is 2.10. The molecule has 0 fully saturated rings. The van der Waals surface area contributed by atoms with Gasteiger partial charge in [-0.1, -0.05) is 48.5 Å². The second-order valence-electron chi connectivity index (χ2n) is 6.11. The summed E-state index contributed by atoms with van der Waals surface area (Å²) in [5, 5.41) is 0. The highest BCUT2D eigenvalue weighted by Crippen LogP contribution is 2.25. The number of benzene rings is 3. The molecule has 0 aliphatic rings. The predicted molar refractivity (Wildman–Crippen MR) is 110 cm³/mol. The van der Waals surface area contributed by atoms with Crippen LogP contribution in [0.15, 0.2) is 78.9 Å². The summed E-state index contributed by atoms with van der Waals surface area (Å²) in [7, 11) is 3.10. The molecule has 3 rings (SSSR count). The number of allylic oxidation sites excluding steroid dienone is 1. The van der Waals surface area contributed by atoms with Crippen molar-refractivity contribution in [1.82, 2.24) is 0 Å². The largest absolute Gasteiger partial charge is 0.497 e. The van der Waals surface area contributed by atoms with Gasteiger partial charge in [0, 0.05) is 6.07 Å². The Morgan fingerprint density at radius 1 is 0.857 bits per heavy atom. The second kappa shape index (κ2) is 9.42. The van der Waals surface area contributed by atoms with Crippen LogP contribution in [0.1, 0.15) is 21.5 Å². The van der Waals surface area contributed by atoms with Gasteiger partial charge in [-0.15, -0.1) is 0 Å². The van der Waals surface area contributed by atoms with Crippen molar-refractivity contribution >= 4 is 11.9 Å². The van der Waals surface area contributed by atoms with Gasteiger partial charge in [-0.3, -0.25) is 4.79 Å². The summed E-state index contributed by atoms with van der Waals surface area (Å²) in [6.07, 6.45) is 3.30. The minimum absolute atomic E-state index is 0.135. The molecule has 4 heteroatoms. The van der Waals surface area contributed by atoms with Crippen molar-refractivity contribution < 1.29 is 19.0 Å². The van der Waals surface area contributed by atoms with Crippen LogP contribution in [0.4, 0.5) is 0 Å². The zero-order chi connectivity index (χ0) is 19.8. The molecule has 0 N–H and O–H groups in total. The molecular weight excluding hydrogens is 352 g/mol. The van der Waals surface area contributed by atoms with Gasteiger partial charge in [0.15, 0.2) is 5.78 Å². The molecule has 3 aromatic rings. The first kappa shape index (κ1) is 19.2. The first-order valence-electron chi connectivity index (χ1n) is 8.91. The number of ketones is 1. The molecule has 0 saturated carbocycles. The van der Waals surface area contributed by atoms with Gasteiger partial charge >= 0.3 is 0 Å². The molecule has 0 aromatic heterocycles. The Morgan fingerprint density at radius 3 is 2.25 bits per heavy atom. The van der Waals surface area contributed by atoms with E-state index in [0.29, 0.717) is 23.7 Å². The van der Waals surface area contributed by atoms with Crippen LogP contribution in [-0.2, 0) is 6.61 Å². The summed E-state index contributed by atoms with van der Waals surface area (Å²) in [5.41, 5.74) is 2.51. The van der Waals surface area contributed by atoms with Gasteiger partial charge in [0.25, 0.3) is 0 Å². The topological polar surface area (TPSA) is 44.8 Å². The third kappa shape index (κ3) is 5.01. The van der Waals surface area contributed by atoms with Crippen molar-refractivity contribution in [3.05, 3.63) is 95.6 Å². The van der Waals surface area contributed by atoms with E-state index in [-0.39, 0.29) is 5.78 Å². The molecule has 0 aliphatic carbocycles. The molecule has 0 amide bonds. The fraction of sp³-hybridized carbons (Fsp3) is 0.125. The fourth-order valence-electron chi connectivity index (χ4n) is 2.68. The molecule has 0 aliphatic heterocycles. The molecule has 0 heterocycles. The van der Waals surface area contributed by atoms with Crippen molar-refractivity contribution in [2.24, 2.45) is 0 Å². The minimum atomic E-state index is -0.135. The standard InChI is InChI=1S/C24H22O4/c1-26-21-13-14-22(24(16-21)27-2)23(25)15-10-18-8-11-20(12-9-18)28-17-19-6-4-3-5-7-19/h3-16H,17H2,1-2H3/b15-10-. The first-order valence-corrected chi connectivity index (χ1v) is 8.91. The molecule has 4 nitrogen and oxygen atoms in total. The number of hydrogen-bond acceptors (Lipinski definition) is 4. The number of carbonyl (C=O) groups is 1. The van der Waals surface area contributed by atoms with Gasteiger partial charge in [0.1, 0.15) is 23.9 Å². The number of methoxy groups -OCH3 is 2. The summed E-state index contributed by atoms with van der Waals surface area (Å²) in [6.45, 7) is 0.520. The molecule has 0 spiro atoms. The van der Waals surface area contributed by atoms with Crippen LogP contribution in [0.3, 0.4) is 0 Å². The van der Waals surface area contributed by atoms with E-state index in [1.165, 1.54) is 13.2 Å². The maximum atomic E-state index is 12.5. The second-order valence-corrected chi connectivity index (χ2v) is 6.11. The molecule has 142 valence electrons. The van der Waals surface area contributed by atoms with E-state index in [9.17, 15) is 4.79 Å². The average molecular weight is 374 g/mol. The Hall–Kier alpha value is -3.53. The Labute approximate surface area is 165 Å². The number of hydrogen-bond donors (Lipinski definition) is 0. The molecule has 28 heavy (non-hydrogen) atoms. The molecule has 0 bridgehead atoms. The SMILES string of the molecule is COc1ccc(C(=O)/C=C\c2ccc(OCc3ccccc3)cc2)c(OC)c1. The monoisotopic (exact) mass is 374 g/mol. The predicted octanol–water partition coefficient (Wildman–Crippen LogP) is 5.18. The summed E-state index contributed by atoms with van der Waals surface area (Å²) in [4.78, 5) is 12.5. The lowest BCUT2D eigenvalue weighted by Gasteiger charge is -2.08.